The molecule has 0 amide bonds. The van der Waals surface area contributed by atoms with Gasteiger partial charge in [-0.25, -0.2) is 9.97 Å². The zero-order chi connectivity index (χ0) is 43.7. The van der Waals surface area contributed by atoms with Crippen molar-refractivity contribution >= 4 is 118 Å². The van der Waals surface area contributed by atoms with Crippen molar-refractivity contribution in [3.05, 3.63) is 127 Å². The van der Waals surface area contributed by atoms with Crippen LogP contribution in [0.4, 0.5) is 11.6 Å². The Morgan fingerprint density at radius 3 is 1.38 bits per heavy atom. The van der Waals surface area contributed by atoms with Crippen molar-refractivity contribution in [1.82, 2.24) is 29.6 Å². The lowest BCUT2D eigenvalue weighted by Gasteiger charge is -2.44. The van der Waals surface area contributed by atoms with Crippen LogP contribution in [0.15, 0.2) is 95.7 Å². The number of halogens is 4. The molecule has 332 valence electrons. The van der Waals surface area contributed by atoms with E-state index < -0.39 is 0 Å². The number of fused-ring (bicyclic) bond motifs is 2. The van der Waals surface area contributed by atoms with Gasteiger partial charge >= 0.3 is 0 Å². The number of hydrogen-bond acceptors (Lipinski definition) is 11. The molecule has 15 heteroatoms. The first-order chi connectivity index (χ1) is 31.3. The summed E-state index contributed by atoms with van der Waals surface area (Å²) in [7, 11) is 0. The van der Waals surface area contributed by atoms with E-state index in [1.54, 1.807) is 0 Å². The largest absolute Gasteiger partial charge is 0.354 e. The van der Waals surface area contributed by atoms with E-state index in [4.69, 9.17) is 46.4 Å². The molecule has 0 spiro atoms. The smallest absolute Gasteiger partial charge is 0.169 e. The van der Waals surface area contributed by atoms with Crippen LogP contribution in [0.25, 0.3) is 31.3 Å². The molecule has 4 aliphatic heterocycles. The molecule has 2 unspecified atom stereocenters. The Hall–Kier alpha value is -3.59. The van der Waals surface area contributed by atoms with E-state index >= 15 is 4.79 Å². The van der Waals surface area contributed by atoms with Gasteiger partial charge in [-0.05, 0) is 93.0 Å². The molecular weight excluding hydrogens is 923 g/mol. The highest BCUT2D eigenvalue weighted by Crippen LogP contribution is 2.36. The number of carbonyl (C=O) groups is 1. The van der Waals surface area contributed by atoms with Crippen LogP contribution in [0.5, 0.6) is 0 Å². The van der Waals surface area contributed by atoms with Crippen LogP contribution in [0.3, 0.4) is 0 Å². The summed E-state index contributed by atoms with van der Waals surface area (Å²) in [5.74, 6) is 1.98. The summed E-state index contributed by atoms with van der Waals surface area (Å²) in [6, 6.07) is 24.6. The molecule has 6 aromatic rings. The standard InChI is InChI=1S/C49H50Cl4N8OS2/c50-39-7-9-43(54-48(39)52)60-25-21-56(22-26-60)31-41(58-17-11-33(12-18-58)37-5-1-3-35-15-29-63-46(35)37)45(62)42(32-57-23-27-61(28-24-57)44-10-8-40(51)49(53)55-44)59-19-13-34(14-20-59)38-6-2-4-36-16-30-64-47(36)38/h1-11,13,15-16,29-30,41-42H,12,14,17-28,31-32H2. The maximum atomic E-state index is 15.8. The summed E-state index contributed by atoms with van der Waals surface area (Å²) < 4.78 is 2.68. The lowest BCUT2D eigenvalue weighted by Crippen LogP contribution is -2.61. The molecule has 0 radical (unpaired) electrons. The Morgan fingerprint density at radius 1 is 0.547 bits per heavy atom. The number of ketones is 1. The molecule has 8 heterocycles. The Labute approximate surface area is 403 Å². The number of rotatable bonds is 12. The molecule has 4 aliphatic rings. The number of benzene rings is 2. The number of aromatic nitrogens is 2. The number of thiophene rings is 2. The second kappa shape index (κ2) is 19.7. The summed E-state index contributed by atoms with van der Waals surface area (Å²) in [5.41, 5.74) is 5.39. The lowest BCUT2D eigenvalue weighted by atomic mass is 9.93. The highest BCUT2D eigenvalue weighted by molar-refractivity contribution is 7.17. The van der Waals surface area contributed by atoms with E-state index in [1.807, 2.05) is 46.9 Å². The molecule has 64 heavy (non-hydrogen) atoms. The number of Topliss-reactive ketones (excluding diaryl/α,β-unsaturated/α-hetero) is 1. The summed E-state index contributed by atoms with van der Waals surface area (Å²) in [5, 5.41) is 8.49. The normalized spacial score (nSPS) is 19.6. The van der Waals surface area contributed by atoms with Gasteiger partial charge in [0, 0.05) is 101 Å². The topological polar surface area (TPSA) is 62.3 Å². The Balaban J connectivity index is 0.923. The number of piperazine rings is 2. The fraction of sp³-hybridized carbons (Fsp3) is 0.367. The van der Waals surface area contributed by atoms with E-state index in [1.165, 1.54) is 42.4 Å². The zero-order valence-electron chi connectivity index (χ0n) is 35.5. The Bertz CT molecular complexity index is 2520. The molecule has 0 saturated carbocycles. The van der Waals surface area contributed by atoms with Crippen molar-refractivity contribution in [2.24, 2.45) is 0 Å². The molecule has 2 atom stereocenters. The first kappa shape index (κ1) is 44.3. The molecule has 2 aromatic carbocycles. The predicted molar refractivity (Wildman–Crippen MR) is 270 cm³/mol. The molecule has 4 aromatic heterocycles. The van der Waals surface area contributed by atoms with Crippen LogP contribution in [0, 0.1) is 0 Å². The van der Waals surface area contributed by atoms with Crippen LogP contribution < -0.4 is 9.80 Å². The van der Waals surface area contributed by atoms with Gasteiger partial charge in [-0.2, -0.15) is 0 Å². The summed E-state index contributed by atoms with van der Waals surface area (Å²) in [6.45, 7) is 10.9. The molecule has 2 saturated heterocycles. The van der Waals surface area contributed by atoms with Gasteiger partial charge < -0.3 is 9.80 Å². The first-order valence-electron chi connectivity index (χ1n) is 22.2. The Morgan fingerprint density at radius 2 is 0.984 bits per heavy atom. The zero-order valence-corrected chi connectivity index (χ0v) is 40.2. The third-order valence-electron chi connectivity index (χ3n) is 13.5. The lowest BCUT2D eigenvalue weighted by molar-refractivity contribution is -0.131. The minimum absolute atomic E-state index is 0.276. The van der Waals surface area contributed by atoms with Crippen molar-refractivity contribution in [2.45, 2.75) is 24.9 Å². The van der Waals surface area contributed by atoms with E-state index in [2.05, 4.69) is 111 Å². The van der Waals surface area contributed by atoms with Crippen LogP contribution in [0.2, 0.25) is 20.4 Å². The molecule has 0 N–H and O–H groups in total. The number of nitrogens with zero attached hydrogens (tertiary/aromatic N) is 8. The van der Waals surface area contributed by atoms with Gasteiger partial charge in [0.15, 0.2) is 5.78 Å². The van der Waals surface area contributed by atoms with Crippen LogP contribution in [-0.2, 0) is 4.79 Å². The summed E-state index contributed by atoms with van der Waals surface area (Å²) in [4.78, 5) is 39.4. The minimum Gasteiger partial charge on any atom is -0.354 e. The number of anilines is 2. The third kappa shape index (κ3) is 9.49. The quantitative estimate of drug-likeness (QED) is 0.112. The van der Waals surface area contributed by atoms with Gasteiger partial charge in [0.05, 0.1) is 22.1 Å². The van der Waals surface area contributed by atoms with Crippen molar-refractivity contribution < 1.29 is 4.79 Å². The second-order valence-corrected chi connectivity index (χ2v) is 20.5. The summed E-state index contributed by atoms with van der Waals surface area (Å²) >= 11 is 28.7. The van der Waals surface area contributed by atoms with Crippen molar-refractivity contribution in [3.63, 3.8) is 0 Å². The maximum Gasteiger partial charge on any atom is 0.169 e. The average Bonchev–Trinajstić information content (AvgIpc) is 4.03. The van der Waals surface area contributed by atoms with Gasteiger partial charge in [0.2, 0.25) is 0 Å². The number of pyridine rings is 2. The monoisotopic (exact) mass is 970 g/mol. The molecule has 0 aliphatic carbocycles. The number of carbonyl (C=O) groups excluding carboxylic acids is 1. The fourth-order valence-corrected chi connectivity index (χ4v) is 12.3. The van der Waals surface area contributed by atoms with Gasteiger partial charge in [-0.15, -0.1) is 22.7 Å². The number of hydrogen-bond donors (Lipinski definition) is 0. The van der Waals surface area contributed by atoms with Crippen molar-refractivity contribution in [1.29, 1.82) is 0 Å². The van der Waals surface area contributed by atoms with Crippen LogP contribution >= 0.6 is 69.1 Å². The van der Waals surface area contributed by atoms with Crippen LogP contribution in [-0.4, -0.2) is 139 Å². The van der Waals surface area contributed by atoms with E-state index in [-0.39, 0.29) is 12.1 Å². The first-order valence-corrected chi connectivity index (χ1v) is 25.4. The summed E-state index contributed by atoms with van der Waals surface area (Å²) in [6.07, 6.45) is 6.57. The highest BCUT2D eigenvalue weighted by Gasteiger charge is 2.39. The van der Waals surface area contributed by atoms with Gasteiger partial charge in [0.25, 0.3) is 0 Å². The van der Waals surface area contributed by atoms with Gasteiger partial charge in [-0.3, -0.25) is 24.4 Å². The third-order valence-corrected chi connectivity index (χ3v) is 16.8. The van der Waals surface area contributed by atoms with E-state index in [9.17, 15) is 0 Å². The van der Waals surface area contributed by atoms with Crippen molar-refractivity contribution in [3.8, 4) is 0 Å². The minimum atomic E-state index is -0.276. The predicted octanol–water partition coefficient (Wildman–Crippen LogP) is 10.3. The molecule has 10 rings (SSSR count). The molecular formula is C49H50Cl4N8OS2. The van der Waals surface area contributed by atoms with E-state index in [0.717, 1.165) is 103 Å². The highest BCUT2D eigenvalue weighted by atomic mass is 35.5. The van der Waals surface area contributed by atoms with Gasteiger partial charge in [-0.1, -0.05) is 95.0 Å². The maximum absolute atomic E-state index is 15.8. The Kier molecular flexibility index (Phi) is 13.6. The van der Waals surface area contributed by atoms with Gasteiger partial charge in [0.1, 0.15) is 21.9 Å². The fourth-order valence-electron chi connectivity index (χ4n) is 9.89. The molecule has 9 nitrogen and oxygen atoms in total. The molecule has 2 fully saturated rings. The molecule has 0 bridgehead atoms. The van der Waals surface area contributed by atoms with E-state index in [0.29, 0.717) is 39.2 Å². The SMILES string of the molecule is O=C(C(CN1CCN(c2ccc(Cl)c(Cl)n2)CC1)N1CC=C(c2cccc3ccsc23)CC1)C(CN1CCN(c2ccc(Cl)c(Cl)n2)CC1)N1CC=C(c2cccc3ccsc23)CC1. The second-order valence-electron chi connectivity index (χ2n) is 17.1. The van der Waals surface area contributed by atoms with Crippen molar-refractivity contribution in [2.75, 3.05) is 101 Å². The average molecular weight is 973 g/mol. The van der Waals surface area contributed by atoms with Crippen LogP contribution in [0.1, 0.15) is 24.0 Å².